The summed E-state index contributed by atoms with van der Waals surface area (Å²) in [6, 6.07) is 27.3. The molecule has 0 atom stereocenters. The van der Waals surface area contributed by atoms with E-state index in [9.17, 15) is 15.8 Å². The number of nitriles is 3. The Bertz CT molecular complexity index is 1540. The second kappa shape index (κ2) is 7.16. The predicted octanol–water partition coefficient (Wildman–Crippen LogP) is 5.46. The van der Waals surface area contributed by atoms with Crippen molar-refractivity contribution in [2.75, 3.05) is 0 Å². The first-order chi connectivity index (χ1) is 15.2. The highest BCUT2D eigenvalue weighted by molar-refractivity contribution is 6.12. The first-order valence-corrected chi connectivity index (χ1v) is 9.57. The zero-order valence-corrected chi connectivity index (χ0v) is 16.2. The molecule has 5 aromatic rings. The molecule has 5 heteroatoms. The van der Waals surface area contributed by atoms with Crippen LogP contribution in [-0.4, -0.2) is 9.55 Å². The van der Waals surface area contributed by atoms with Crippen molar-refractivity contribution in [2.45, 2.75) is 0 Å². The summed E-state index contributed by atoms with van der Waals surface area (Å²) in [5, 5.41) is 31.1. The Morgan fingerprint density at radius 1 is 0.645 bits per heavy atom. The normalized spacial score (nSPS) is 10.5. The topological polar surface area (TPSA) is 89.2 Å². The molecular weight excluding hydrogens is 382 g/mol. The minimum absolute atomic E-state index is 0.489. The molecule has 2 aromatic heterocycles. The lowest BCUT2D eigenvalue weighted by atomic mass is 10.0. The van der Waals surface area contributed by atoms with Crippen molar-refractivity contribution in [3.05, 3.63) is 95.8 Å². The second-order valence-electron chi connectivity index (χ2n) is 7.08. The second-order valence-corrected chi connectivity index (χ2v) is 7.08. The van der Waals surface area contributed by atoms with Gasteiger partial charge in [-0.2, -0.15) is 15.8 Å². The van der Waals surface area contributed by atoms with Gasteiger partial charge in [0.05, 0.1) is 33.8 Å². The number of rotatable bonds is 2. The zero-order valence-electron chi connectivity index (χ0n) is 16.2. The van der Waals surface area contributed by atoms with Gasteiger partial charge in [0.2, 0.25) is 0 Å². The van der Waals surface area contributed by atoms with Crippen LogP contribution in [0.2, 0.25) is 0 Å². The monoisotopic (exact) mass is 395 g/mol. The van der Waals surface area contributed by atoms with Crippen LogP contribution in [0.25, 0.3) is 38.6 Å². The van der Waals surface area contributed by atoms with Crippen LogP contribution in [0.3, 0.4) is 0 Å². The van der Waals surface area contributed by atoms with Gasteiger partial charge in [0.25, 0.3) is 0 Å². The van der Waals surface area contributed by atoms with Gasteiger partial charge in [-0.05, 0) is 53.6 Å². The third-order valence-corrected chi connectivity index (χ3v) is 5.37. The summed E-state index contributed by atoms with van der Waals surface area (Å²) in [5.74, 6) is 0. The average Bonchev–Trinajstić information content (AvgIpc) is 3.19. The first-order valence-electron chi connectivity index (χ1n) is 9.57. The van der Waals surface area contributed by atoms with Gasteiger partial charge in [0.15, 0.2) is 0 Å². The lowest BCUT2D eigenvalue weighted by molar-refractivity contribution is 1.17. The molecule has 0 aliphatic carbocycles. The lowest BCUT2D eigenvalue weighted by Crippen LogP contribution is -1.99. The number of para-hydroxylation sites is 2. The standard InChI is InChI=1S/C26H13N5/c27-14-17-11-21(18-7-9-30-10-8-18)13-22(12-17)31-25-19(15-28)3-1-5-23(25)24-6-2-4-20(16-29)26(24)31/h1-13H. The molecule has 31 heavy (non-hydrogen) atoms. The van der Waals surface area contributed by atoms with E-state index in [1.54, 1.807) is 30.6 Å². The molecule has 0 bridgehead atoms. The van der Waals surface area contributed by atoms with Gasteiger partial charge in [-0.3, -0.25) is 4.98 Å². The van der Waals surface area contributed by atoms with Crippen LogP contribution < -0.4 is 0 Å². The molecule has 5 nitrogen and oxygen atoms in total. The molecule has 5 rings (SSSR count). The van der Waals surface area contributed by atoms with Crippen molar-refractivity contribution >= 4 is 21.8 Å². The quantitative estimate of drug-likeness (QED) is 0.397. The van der Waals surface area contributed by atoms with Gasteiger partial charge in [-0.15, -0.1) is 0 Å². The third-order valence-electron chi connectivity index (χ3n) is 5.37. The van der Waals surface area contributed by atoms with E-state index in [1.165, 1.54) is 0 Å². The predicted molar refractivity (Wildman–Crippen MR) is 118 cm³/mol. The Kier molecular flexibility index (Phi) is 4.19. The average molecular weight is 395 g/mol. The van der Waals surface area contributed by atoms with Crippen molar-refractivity contribution in [1.82, 2.24) is 9.55 Å². The third kappa shape index (κ3) is 2.80. The maximum Gasteiger partial charge on any atom is 0.101 e. The molecular formula is C26H13N5. The van der Waals surface area contributed by atoms with E-state index in [0.29, 0.717) is 16.7 Å². The Morgan fingerprint density at radius 2 is 1.26 bits per heavy atom. The fourth-order valence-electron chi connectivity index (χ4n) is 4.07. The molecule has 0 N–H and O–H groups in total. The van der Waals surface area contributed by atoms with E-state index in [0.717, 1.165) is 38.6 Å². The molecule has 0 aliphatic heterocycles. The van der Waals surface area contributed by atoms with Crippen LogP contribution in [0.1, 0.15) is 16.7 Å². The Balaban J connectivity index is 1.97. The van der Waals surface area contributed by atoms with E-state index < -0.39 is 0 Å². The summed E-state index contributed by atoms with van der Waals surface area (Å²) in [4.78, 5) is 4.07. The number of pyridine rings is 1. The van der Waals surface area contributed by atoms with Crippen molar-refractivity contribution < 1.29 is 0 Å². The number of benzene rings is 3. The van der Waals surface area contributed by atoms with E-state index in [-0.39, 0.29) is 0 Å². The number of aromatic nitrogens is 2. The highest BCUT2D eigenvalue weighted by Gasteiger charge is 2.19. The summed E-state index contributed by atoms with van der Waals surface area (Å²) in [6.45, 7) is 0. The molecule has 0 spiro atoms. The van der Waals surface area contributed by atoms with Crippen LogP contribution in [0.5, 0.6) is 0 Å². The van der Waals surface area contributed by atoms with Gasteiger partial charge >= 0.3 is 0 Å². The SMILES string of the molecule is N#Cc1cc(-c2ccncc2)cc(-n2c3c(C#N)cccc3c3cccc(C#N)c32)c1. The molecule has 142 valence electrons. The molecule has 2 heterocycles. The molecule has 0 saturated heterocycles. The molecule has 0 amide bonds. The molecule has 0 saturated carbocycles. The summed E-state index contributed by atoms with van der Waals surface area (Å²) in [6.07, 6.45) is 3.41. The van der Waals surface area contributed by atoms with Gasteiger partial charge in [-0.1, -0.05) is 24.3 Å². The summed E-state index contributed by atoms with van der Waals surface area (Å²) < 4.78 is 1.92. The molecule has 0 fully saturated rings. The molecule has 0 aliphatic rings. The van der Waals surface area contributed by atoms with Crippen molar-refractivity contribution in [2.24, 2.45) is 0 Å². The minimum Gasteiger partial charge on any atom is -0.306 e. The van der Waals surface area contributed by atoms with Crippen molar-refractivity contribution in [3.63, 3.8) is 0 Å². The van der Waals surface area contributed by atoms with Crippen molar-refractivity contribution in [1.29, 1.82) is 15.8 Å². The molecule has 0 unspecified atom stereocenters. The maximum absolute atomic E-state index is 9.80. The summed E-state index contributed by atoms with van der Waals surface area (Å²) >= 11 is 0. The van der Waals surface area contributed by atoms with E-state index in [4.69, 9.17) is 0 Å². The fraction of sp³-hybridized carbons (Fsp3) is 0. The minimum atomic E-state index is 0.489. The number of hydrogen-bond acceptors (Lipinski definition) is 4. The smallest absolute Gasteiger partial charge is 0.101 e. The van der Waals surface area contributed by atoms with E-state index >= 15 is 0 Å². The number of fused-ring (bicyclic) bond motifs is 3. The Morgan fingerprint density at radius 3 is 1.81 bits per heavy atom. The van der Waals surface area contributed by atoms with Crippen LogP contribution >= 0.6 is 0 Å². The van der Waals surface area contributed by atoms with E-state index in [1.807, 2.05) is 53.1 Å². The van der Waals surface area contributed by atoms with Gasteiger partial charge in [0, 0.05) is 28.9 Å². The van der Waals surface area contributed by atoms with Gasteiger partial charge in [-0.25, -0.2) is 0 Å². The van der Waals surface area contributed by atoms with Crippen LogP contribution in [-0.2, 0) is 0 Å². The van der Waals surface area contributed by atoms with Crippen LogP contribution in [0.15, 0.2) is 79.1 Å². The Hall–Kier alpha value is -4.92. The lowest BCUT2D eigenvalue weighted by Gasteiger charge is -2.12. The largest absolute Gasteiger partial charge is 0.306 e. The number of hydrogen-bond donors (Lipinski definition) is 0. The maximum atomic E-state index is 9.80. The number of nitrogens with zero attached hydrogens (tertiary/aromatic N) is 5. The summed E-state index contributed by atoms with van der Waals surface area (Å²) in [7, 11) is 0. The van der Waals surface area contributed by atoms with Crippen LogP contribution in [0, 0.1) is 34.0 Å². The highest BCUT2D eigenvalue weighted by atomic mass is 15.0. The molecule has 3 aromatic carbocycles. The highest BCUT2D eigenvalue weighted by Crippen LogP contribution is 2.36. The van der Waals surface area contributed by atoms with Crippen LogP contribution in [0.4, 0.5) is 0 Å². The zero-order chi connectivity index (χ0) is 21.4. The fourth-order valence-corrected chi connectivity index (χ4v) is 4.07. The first kappa shape index (κ1) is 18.1. The van der Waals surface area contributed by atoms with Gasteiger partial charge in [0.1, 0.15) is 12.1 Å². The Labute approximate surface area is 178 Å². The van der Waals surface area contributed by atoms with Crippen molar-refractivity contribution in [3.8, 4) is 35.0 Å². The van der Waals surface area contributed by atoms with E-state index in [2.05, 4.69) is 23.2 Å². The molecule has 0 radical (unpaired) electrons. The van der Waals surface area contributed by atoms with Gasteiger partial charge < -0.3 is 4.57 Å². The summed E-state index contributed by atoms with van der Waals surface area (Å²) in [5.41, 5.74) is 5.44.